The molecule has 0 aromatic heterocycles. The van der Waals surface area contributed by atoms with Gasteiger partial charge in [-0.15, -0.1) is 13.2 Å². The van der Waals surface area contributed by atoms with Crippen LogP contribution in [0.25, 0.3) is 0 Å². The summed E-state index contributed by atoms with van der Waals surface area (Å²) in [5, 5.41) is 8.76. The van der Waals surface area contributed by atoms with E-state index in [-0.39, 0.29) is 36.8 Å². The maximum Gasteiger partial charge on any atom is 0.573 e. The number of carbonyl (C=O) groups excluding carboxylic acids is 1. The van der Waals surface area contributed by atoms with Gasteiger partial charge in [-0.25, -0.2) is 0 Å². The van der Waals surface area contributed by atoms with E-state index >= 15 is 0 Å². The fraction of sp³-hybridized carbons (Fsp3) is 0.556. The van der Waals surface area contributed by atoms with Crippen molar-refractivity contribution in [2.75, 3.05) is 13.1 Å². The fourth-order valence-electron chi connectivity index (χ4n) is 3.19. The lowest BCUT2D eigenvalue weighted by Crippen LogP contribution is -2.40. The van der Waals surface area contributed by atoms with Crippen molar-refractivity contribution in [3.8, 4) is 5.75 Å². The van der Waals surface area contributed by atoms with E-state index < -0.39 is 12.3 Å². The quantitative estimate of drug-likeness (QED) is 0.793. The number of alkyl halides is 3. The lowest BCUT2D eigenvalue weighted by Gasteiger charge is -2.32. The number of hydrogen-bond donors (Lipinski definition) is 1. The third kappa shape index (κ3) is 6.57. The first-order valence-corrected chi connectivity index (χ1v) is 8.58. The van der Waals surface area contributed by atoms with E-state index in [9.17, 15) is 22.8 Å². The van der Waals surface area contributed by atoms with Crippen LogP contribution in [0.4, 0.5) is 13.2 Å². The highest BCUT2D eigenvalue weighted by atomic mass is 19.4. The second kappa shape index (κ2) is 8.91. The second-order valence-electron chi connectivity index (χ2n) is 6.44. The maximum absolute atomic E-state index is 12.4. The summed E-state index contributed by atoms with van der Waals surface area (Å²) in [5.74, 6) is -1.11. The number of para-hydroxylation sites is 1. The summed E-state index contributed by atoms with van der Waals surface area (Å²) in [7, 11) is 0. The van der Waals surface area contributed by atoms with Gasteiger partial charge in [0, 0.05) is 25.9 Å². The zero-order chi connectivity index (χ0) is 19.2. The van der Waals surface area contributed by atoms with E-state index in [0.717, 1.165) is 12.8 Å². The molecule has 8 heteroatoms. The number of hydrogen-bond acceptors (Lipinski definition) is 3. The van der Waals surface area contributed by atoms with Gasteiger partial charge in [-0.3, -0.25) is 9.59 Å². The number of aryl methyl sites for hydroxylation is 1. The first kappa shape index (κ1) is 20.1. The van der Waals surface area contributed by atoms with Crippen molar-refractivity contribution in [2.24, 2.45) is 5.92 Å². The minimum absolute atomic E-state index is 0.0782. The van der Waals surface area contributed by atoms with Gasteiger partial charge in [0.1, 0.15) is 5.75 Å². The van der Waals surface area contributed by atoms with Gasteiger partial charge in [-0.2, -0.15) is 0 Å². The Bertz CT molecular complexity index is 633. The monoisotopic (exact) mass is 373 g/mol. The number of carboxylic acid groups (broad SMARTS) is 1. The van der Waals surface area contributed by atoms with Crippen molar-refractivity contribution in [1.82, 2.24) is 4.90 Å². The Kier molecular flexibility index (Phi) is 6.88. The molecule has 1 saturated heterocycles. The number of carboxylic acids is 1. The molecule has 0 radical (unpaired) electrons. The summed E-state index contributed by atoms with van der Waals surface area (Å²) in [4.78, 5) is 24.8. The molecule has 2 rings (SSSR count). The molecule has 0 aliphatic carbocycles. The summed E-state index contributed by atoms with van der Waals surface area (Å²) in [5.41, 5.74) is 0.331. The van der Waals surface area contributed by atoms with Crippen molar-refractivity contribution in [3.63, 3.8) is 0 Å². The maximum atomic E-state index is 12.4. The van der Waals surface area contributed by atoms with Crippen LogP contribution >= 0.6 is 0 Å². The highest BCUT2D eigenvalue weighted by Gasteiger charge is 2.32. The highest BCUT2D eigenvalue weighted by molar-refractivity contribution is 5.76. The topological polar surface area (TPSA) is 66.8 Å². The van der Waals surface area contributed by atoms with E-state index in [4.69, 9.17) is 5.11 Å². The van der Waals surface area contributed by atoms with Gasteiger partial charge < -0.3 is 14.7 Å². The van der Waals surface area contributed by atoms with Crippen LogP contribution in [-0.4, -0.2) is 41.3 Å². The zero-order valence-electron chi connectivity index (χ0n) is 14.3. The smallest absolute Gasteiger partial charge is 0.481 e. The molecular weight excluding hydrogens is 351 g/mol. The Morgan fingerprint density at radius 3 is 2.65 bits per heavy atom. The molecule has 26 heavy (non-hydrogen) atoms. The molecule has 1 fully saturated rings. The number of amides is 1. The average molecular weight is 373 g/mol. The van der Waals surface area contributed by atoms with Gasteiger partial charge in [-0.1, -0.05) is 18.2 Å². The minimum atomic E-state index is -4.77. The molecule has 144 valence electrons. The third-order valence-electron chi connectivity index (χ3n) is 4.44. The lowest BCUT2D eigenvalue weighted by molar-refractivity contribution is -0.274. The van der Waals surface area contributed by atoms with Crippen molar-refractivity contribution < 1.29 is 32.6 Å². The molecular formula is C18H22F3NO4. The number of benzene rings is 1. The number of carbonyl (C=O) groups is 2. The molecule has 5 nitrogen and oxygen atoms in total. The highest BCUT2D eigenvalue weighted by Crippen LogP contribution is 2.27. The Balaban J connectivity index is 1.89. The summed E-state index contributed by atoms with van der Waals surface area (Å²) in [6.07, 6.45) is -2.23. The number of likely N-dealkylation sites (tertiary alicyclic amines) is 1. The number of piperidine rings is 1. The molecule has 1 N–H and O–H groups in total. The van der Waals surface area contributed by atoms with Crippen LogP contribution in [0.15, 0.2) is 24.3 Å². The molecule has 1 amide bonds. The van der Waals surface area contributed by atoms with E-state index in [0.29, 0.717) is 25.1 Å². The predicted octanol–water partition coefficient (Wildman–Crippen LogP) is 3.62. The van der Waals surface area contributed by atoms with Crippen LogP contribution in [0, 0.1) is 5.92 Å². The molecule has 0 unspecified atom stereocenters. The Hall–Kier alpha value is -2.25. The summed E-state index contributed by atoms with van der Waals surface area (Å²) in [6, 6.07) is 5.80. The van der Waals surface area contributed by atoms with Gasteiger partial charge in [-0.05, 0) is 43.2 Å². The second-order valence-corrected chi connectivity index (χ2v) is 6.44. The minimum Gasteiger partial charge on any atom is -0.481 e. The molecule has 1 aliphatic heterocycles. The first-order chi connectivity index (χ1) is 12.2. The van der Waals surface area contributed by atoms with Crippen molar-refractivity contribution in [3.05, 3.63) is 29.8 Å². The molecule has 1 atom stereocenters. The fourth-order valence-corrected chi connectivity index (χ4v) is 3.19. The molecule has 1 aliphatic rings. The summed E-state index contributed by atoms with van der Waals surface area (Å²) in [6.45, 7) is 1.11. The van der Waals surface area contributed by atoms with Crippen LogP contribution in [-0.2, 0) is 16.0 Å². The van der Waals surface area contributed by atoms with Gasteiger partial charge in [0.25, 0.3) is 0 Å². The SMILES string of the molecule is O=C(O)CC[C@@H]1CCCN(C(=O)CCc2ccccc2OC(F)(F)F)C1. The van der Waals surface area contributed by atoms with E-state index in [1.165, 1.54) is 18.2 Å². The normalized spacial score (nSPS) is 17.8. The van der Waals surface area contributed by atoms with Crippen LogP contribution in [0.2, 0.25) is 0 Å². The van der Waals surface area contributed by atoms with Crippen LogP contribution < -0.4 is 4.74 Å². The average Bonchev–Trinajstić information content (AvgIpc) is 2.58. The van der Waals surface area contributed by atoms with E-state index in [2.05, 4.69) is 4.74 Å². The van der Waals surface area contributed by atoms with Crippen LogP contribution in [0.5, 0.6) is 5.75 Å². The van der Waals surface area contributed by atoms with Gasteiger partial charge in [0.05, 0.1) is 0 Å². The summed E-state index contributed by atoms with van der Waals surface area (Å²) >= 11 is 0. The van der Waals surface area contributed by atoms with Gasteiger partial charge in [0.15, 0.2) is 0 Å². The standard InChI is InChI=1S/C18H22F3NO4/c19-18(20,21)26-15-6-2-1-5-14(15)8-9-16(23)22-11-3-4-13(12-22)7-10-17(24)25/h1-2,5-6,13H,3-4,7-12H2,(H,24,25)/t13-/m0/s1. The molecule has 1 aromatic rings. The molecule has 1 aromatic carbocycles. The van der Waals surface area contributed by atoms with Crippen LogP contribution in [0.1, 0.15) is 37.7 Å². The first-order valence-electron chi connectivity index (χ1n) is 8.58. The van der Waals surface area contributed by atoms with Crippen molar-refractivity contribution in [1.29, 1.82) is 0 Å². The number of nitrogens with zero attached hydrogens (tertiary/aromatic N) is 1. The summed E-state index contributed by atoms with van der Waals surface area (Å²) < 4.78 is 41.3. The van der Waals surface area contributed by atoms with Gasteiger partial charge >= 0.3 is 12.3 Å². The number of halogens is 3. The zero-order valence-corrected chi connectivity index (χ0v) is 14.3. The number of aliphatic carboxylic acids is 1. The molecule has 1 heterocycles. The van der Waals surface area contributed by atoms with Crippen molar-refractivity contribution >= 4 is 11.9 Å². The Morgan fingerprint density at radius 2 is 1.96 bits per heavy atom. The molecule has 0 spiro atoms. The molecule has 0 saturated carbocycles. The lowest BCUT2D eigenvalue weighted by atomic mass is 9.93. The molecule has 0 bridgehead atoms. The van der Waals surface area contributed by atoms with Crippen molar-refractivity contribution in [2.45, 2.75) is 44.9 Å². The number of rotatable bonds is 7. The van der Waals surface area contributed by atoms with Gasteiger partial charge in [0.2, 0.25) is 5.91 Å². The van der Waals surface area contributed by atoms with Crippen LogP contribution in [0.3, 0.4) is 0 Å². The Morgan fingerprint density at radius 1 is 1.23 bits per heavy atom. The largest absolute Gasteiger partial charge is 0.573 e. The Labute approximate surface area is 149 Å². The third-order valence-corrected chi connectivity index (χ3v) is 4.44. The van der Waals surface area contributed by atoms with E-state index in [1.807, 2.05) is 0 Å². The van der Waals surface area contributed by atoms with E-state index in [1.54, 1.807) is 11.0 Å². The number of ether oxygens (including phenoxy) is 1. The predicted molar refractivity (Wildman–Crippen MR) is 87.6 cm³/mol.